The van der Waals surface area contributed by atoms with Gasteiger partial charge in [-0.25, -0.2) is 4.98 Å². The zero-order chi connectivity index (χ0) is 18.4. The van der Waals surface area contributed by atoms with E-state index in [1.165, 1.54) is 32.1 Å². The van der Waals surface area contributed by atoms with Gasteiger partial charge in [0.25, 0.3) is 0 Å². The lowest BCUT2D eigenvalue weighted by atomic mass is 9.79. The van der Waals surface area contributed by atoms with Gasteiger partial charge in [0.15, 0.2) is 0 Å². The molecule has 0 aromatic carbocycles. The summed E-state index contributed by atoms with van der Waals surface area (Å²) < 4.78 is 0. The lowest BCUT2D eigenvalue weighted by Gasteiger charge is -2.27. The highest BCUT2D eigenvalue weighted by atomic mass is 32.1. The van der Waals surface area contributed by atoms with E-state index in [-0.39, 0.29) is 11.8 Å². The van der Waals surface area contributed by atoms with Gasteiger partial charge >= 0.3 is 0 Å². The maximum absolute atomic E-state index is 12.5. The molecule has 0 spiro atoms. The summed E-state index contributed by atoms with van der Waals surface area (Å²) in [6.07, 6.45) is 12.0. The number of thiazole rings is 1. The minimum atomic E-state index is 0.193. The first-order valence-corrected chi connectivity index (χ1v) is 10.6. The number of amides is 1. The first-order chi connectivity index (χ1) is 12.7. The summed E-state index contributed by atoms with van der Waals surface area (Å²) in [5.41, 5.74) is 2.03. The number of pyridine rings is 1. The standard InChI is InChI=1S/C21H29N3OS/c1-3-4-6-16-8-10-17(11-9-16)20(25)23-14-19-15(2)24-21(26-19)18-7-5-12-22-13-18/h5,7,12-13,16-17H,3-4,6,8-11,14H2,1-2H3,(H,23,25). The molecule has 0 atom stereocenters. The minimum Gasteiger partial charge on any atom is -0.351 e. The van der Waals surface area contributed by atoms with Crippen molar-refractivity contribution >= 4 is 17.2 Å². The molecule has 0 unspecified atom stereocenters. The van der Waals surface area contributed by atoms with Crippen molar-refractivity contribution in [1.82, 2.24) is 15.3 Å². The first-order valence-electron chi connectivity index (χ1n) is 9.81. The van der Waals surface area contributed by atoms with E-state index < -0.39 is 0 Å². The van der Waals surface area contributed by atoms with Gasteiger partial charge in [-0.05, 0) is 50.7 Å². The predicted molar refractivity (Wildman–Crippen MR) is 107 cm³/mol. The van der Waals surface area contributed by atoms with Gasteiger partial charge in [-0.3, -0.25) is 9.78 Å². The smallest absolute Gasteiger partial charge is 0.223 e. The lowest BCUT2D eigenvalue weighted by Crippen LogP contribution is -2.32. The van der Waals surface area contributed by atoms with Crippen molar-refractivity contribution in [2.24, 2.45) is 11.8 Å². The molecule has 1 amide bonds. The second-order valence-corrected chi connectivity index (χ2v) is 8.43. The molecule has 4 nitrogen and oxygen atoms in total. The van der Waals surface area contributed by atoms with Gasteiger partial charge in [0.2, 0.25) is 5.91 Å². The molecule has 1 fully saturated rings. The Balaban J connectivity index is 1.50. The molecule has 0 aliphatic heterocycles. The van der Waals surface area contributed by atoms with Crippen molar-refractivity contribution in [3.63, 3.8) is 0 Å². The molecule has 1 aliphatic carbocycles. The number of aryl methyl sites for hydroxylation is 1. The molecular weight excluding hydrogens is 342 g/mol. The van der Waals surface area contributed by atoms with Crippen molar-refractivity contribution in [2.45, 2.75) is 65.3 Å². The van der Waals surface area contributed by atoms with Gasteiger partial charge < -0.3 is 5.32 Å². The number of aromatic nitrogens is 2. The number of hydrogen-bond acceptors (Lipinski definition) is 4. The molecule has 0 bridgehead atoms. The maximum atomic E-state index is 12.5. The molecule has 2 aromatic heterocycles. The number of nitrogens with zero attached hydrogens (tertiary/aromatic N) is 2. The average Bonchev–Trinajstić information content (AvgIpc) is 3.06. The predicted octanol–water partition coefficient (Wildman–Crippen LogP) is 5.13. The third-order valence-electron chi connectivity index (χ3n) is 5.41. The summed E-state index contributed by atoms with van der Waals surface area (Å²) >= 11 is 1.64. The zero-order valence-electron chi connectivity index (χ0n) is 15.8. The monoisotopic (exact) mass is 371 g/mol. The molecule has 3 rings (SSSR count). The van der Waals surface area contributed by atoms with E-state index in [1.54, 1.807) is 17.5 Å². The SMILES string of the molecule is CCCCC1CCC(C(=O)NCc2sc(-c3cccnc3)nc2C)CC1. The van der Waals surface area contributed by atoms with Gasteiger partial charge in [0, 0.05) is 28.8 Å². The second kappa shape index (κ2) is 9.26. The Morgan fingerprint density at radius 3 is 2.81 bits per heavy atom. The van der Waals surface area contributed by atoms with Crippen molar-refractivity contribution in [3.05, 3.63) is 35.1 Å². The normalized spacial score (nSPS) is 20.1. The Bertz CT molecular complexity index is 705. The third-order valence-corrected chi connectivity index (χ3v) is 6.61. The molecule has 1 aliphatic rings. The van der Waals surface area contributed by atoms with Crippen LogP contribution >= 0.6 is 11.3 Å². The number of nitrogens with one attached hydrogen (secondary N) is 1. The number of carbonyl (C=O) groups excluding carboxylic acids is 1. The van der Waals surface area contributed by atoms with Crippen LogP contribution in [0.3, 0.4) is 0 Å². The molecule has 1 saturated carbocycles. The largest absolute Gasteiger partial charge is 0.351 e. The van der Waals surface area contributed by atoms with Gasteiger partial charge in [0.1, 0.15) is 5.01 Å². The maximum Gasteiger partial charge on any atom is 0.223 e. The molecule has 5 heteroatoms. The third kappa shape index (κ3) is 4.91. The van der Waals surface area contributed by atoms with E-state index in [9.17, 15) is 4.79 Å². The fourth-order valence-corrected chi connectivity index (χ4v) is 4.71. The highest BCUT2D eigenvalue weighted by Crippen LogP contribution is 2.32. The first kappa shape index (κ1) is 19.0. The summed E-state index contributed by atoms with van der Waals surface area (Å²) in [5.74, 6) is 1.25. The van der Waals surface area contributed by atoms with Gasteiger partial charge in [-0.1, -0.05) is 26.2 Å². The van der Waals surface area contributed by atoms with Crippen molar-refractivity contribution < 1.29 is 4.79 Å². The van der Waals surface area contributed by atoms with Crippen LogP contribution in [0, 0.1) is 18.8 Å². The van der Waals surface area contributed by atoms with E-state index in [0.29, 0.717) is 6.54 Å². The summed E-state index contributed by atoms with van der Waals surface area (Å²) in [4.78, 5) is 22.5. The fraction of sp³-hybridized carbons (Fsp3) is 0.571. The van der Waals surface area contributed by atoms with Gasteiger partial charge in [-0.2, -0.15) is 0 Å². The van der Waals surface area contributed by atoms with Crippen LogP contribution in [0.25, 0.3) is 10.6 Å². The molecule has 1 N–H and O–H groups in total. The molecule has 2 heterocycles. The van der Waals surface area contributed by atoms with Gasteiger partial charge in [-0.15, -0.1) is 11.3 Å². The zero-order valence-corrected chi connectivity index (χ0v) is 16.6. The van der Waals surface area contributed by atoms with Crippen LogP contribution in [0.1, 0.15) is 62.4 Å². The van der Waals surface area contributed by atoms with Crippen LogP contribution in [-0.4, -0.2) is 15.9 Å². The molecule has 0 saturated heterocycles. The Morgan fingerprint density at radius 2 is 2.12 bits per heavy atom. The molecule has 140 valence electrons. The van der Waals surface area contributed by atoms with E-state index in [4.69, 9.17) is 0 Å². The van der Waals surface area contributed by atoms with Crippen LogP contribution in [0.4, 0.5) is 0 Å². The summed E-state index contributed by atoms with van der Waals surface area (Å²) in [7, 11) is 0. The Hall–Kier alpha value is -1.75. The quantitative estimate of drug-likeness (QED) is 0.734. The van der Waals surface area contributed by atoms with E-state index in [2.05, 4.69) is 22.2 Å². The van der Waals surface area contributed by atoms with Gasteiger partial charge in [0.05, 0.1) is 12.2 Å². The Labute approximate surface area is 160 Å². The van der Waals surface area contributed by atoms with Crippen LogP contribution in [0.2, 0.25) is 0 Å². The summed E-state index contributed by atoms with van der Waals surface area (Å²) in [6.45, 7) is 4.84. The van der Waals surface area contributed by atoms with Crippen LogP contribution < -0.4 is 5.32 Å². The Kier molecular flexibility index (Phi) is 6.78. The molecule has 2 aromatic rings. The van der Waals surface area contributed by atoms with Crippen molar-refractivity contribution in [3.8, 4) is 10.6 Å². The highest BCUT2D eigenvalue weighted by Gasteiger charge is 2.26. The average molecular weight is 372 g/mol. The van der Waals surface area contributed by atoms with Crippen LogP contribution in [0.15, 0.2) is 24.5 Å². The minimum absolute atomic E-state index is 0.193. The van der Waals surface area contributed by atoms with Crippen LogP contribution in [0.5, 0.6) is 0 Å². The topological polar surface area (TPSA) is 54.9 Å². The van der Waals surface area contributed by atoms with Crippen molar-refractivity contribution in [2.75, 3.05) is 0 Å². The Morgan fingerprint density at radius 1 is 1.31 bits per heavy atom. The fourth-order valence-electron chi connectivity index (χ4n) is 3.72. The van der Waals surface area contributed by atoms with E-state index in [1.807, 2.05) is 25.3 Å². The van der Waals surface area contributed by atoms with E-state index in [0.717, 1.165) is 39.9 Å². The lowest BCUT2D eigenvalue weighted by molar-refractivity contribution is -0.126. The molecule has 26 heavy (non-hydrogen) atoms. The number of unbranched alkanes of at least 4 members (excludes halogenated alkanes) is 1. The summed E-state index contributed by atoms with van der Waals surface area (Å²) in [5, 5.41) is 4.12. The number of hydrogen-bond donors (Lipinski definition) is 1. The molecular formula is C21H29N3OS. The number of rotatable bonds is 7. The number of carbonyl (C=O) groups is 1. The second-order valence-electron chi connectivity index (χ2n) is 7.35. The van der Waals surface area contributed by atoms with Crippen LogP contribution in [-0.2, 0) is 11.3 Å². The van der Waals surface area contributed by atoms with Crippen molar-refractivity contribution in [1.29, 1.82) is 0 Å². The highest BCUT2D eigenvalue weighted by molar-refractivity contribution is 7.15. The molecule has 0 radical (unpaired) electrons. The van der Waals surface area contributed by atoms with E-state index >= 15 is 0 Å². The summed E-state index contributed by atoms with van der Waals surface area (Å²) in [6, 6.07) is 3.94.